The van der Waals surface area contributed by atoms with Gasteiger partial charge in [-0.25, -0.2) is 9.07 Å². The van der Waals surface area contributed by atoms with Crippen LogP contribution < -0.4 is 10.1 Å². The van der Waals surface area contributed by atoms with Crippen LogP contribution >= 0.6 is 0 Å². The van der Waals surface area contributed by atoms with E-state index in [0.29, 0.717) is 24.2 Å². The van der Waals surface area contributed by atoms with Crippen molar-refractivity contribution >= 4 is 16.9 Å². The fraction of sp³-hybridized carbons (Fsp3) is 0.136. The van der Waals surface area contributed by atoms with Crippen molar-refractivity contribution in [3.8, 4) is 5.75 Å². The van der Waals surface area contributed by atoms with Gasteiger partial charge in [-0.3, -0.25) is 4.79 Å². The quantitative estimate of drug-likeness (QED) is 0.547. The van der Waals surface area contributed by atoms with Crippen molar-refractivity contribution in [1.82, 2.24) is 20.3 Å². The second-order valence-electron chi connectivity index (χ2n) is 6.61. The van der Waals surface area contributed by atoms with E-state index in [-0.39, 0.29) is 11.7 Å². The number of carbonyl (C=O) groups excluding carboxylic acids is 1. The molecule has 0 aliphatic heterocycles. The van der Waals surface area contributed by atoms with Crippen molar-refractivity contribution in [1.29, 1.82) is 0 Å². The Hall–Kier alpha value is -3.74. The van der Waals surface area contributed by atoms with Crippen LogP contribution in [-0.2, 0) is 13.1 Å². The highest BCUT2D eigenvalue weighted by atomic mass is 19.1. The smallest absolute Gasteiger partial charge is 0.251 e. The lowest BCUT2D eigenvalue weighted by Gasteiger charge is -2.07. The van der Waals surface area contributed by atoms with Gasteiger partial charge in [0.05, 0.1) is 19.2 Å². The third kappa shape index (κ3) is 4.24. The second-order valence-corrected chi connectivity index (χ2v) is 6.61. The first-order valence-electron chi connectivity index (χ1n) is 9.11. The number of fused-ring (bicyclic) bond motifs is 1. The number of aromatic nitrogens is 3. The van der Waals surface area contributed by atoms with Gasteiger partial charge in [0, 0.05) is 12.1 Å². The number of benzene rings is 3. The highest BCUT2D eigenvalue weighted by Crippen LogP contribution is 2.16. The lowest BCUT2D eigenvalue weighted by molar-refractivity contribution is 0.0951. The zero-order valence-corrected chi connectivity index (χ0v) is 15.8. The monoisotopic (exact) mass is 390 g/mol. The predicted octanol–water partition coefficient (Wildman–Crippen LogP) is 3.56. The number of amides is 1. The highest BCUT2D eigenvalue weighted by Gasteiger charge is 2.11. The fourth-order valence-electron chi connectivity index (χ4n) is 3.06. The lowest BCUT2D eigenvalue weighted by Crippen LogP contribution is -2.22. The van der Waals surface area contributed by atoms with E-state index >= 15 is 0 Å². The Morgan fingerprint density at radius 3 is 2.69 bits per heavy atom. The molecule has 0 unspecified atom stereocenters. The predicted molar refractivity (Wildman–Crippen MR) is 107 cm³/mol. The zero-order valence-electron chi connectivity index (χ0n) is 15.8. The molecule has 0 saturated heterocycles. The summed E-state index contributed by atoms with van der Waals surface area (Å²) in [6.45, 7) is 0.865. The van der Waals surface area contributed by atoms with E-state index in [1.54, 1.807) is 36.1 Å². The molecule has 3 aromatic carbocycles. The molecule has 29 heavy (non-hydrogen) atoms. The van der Waals surface area contributed by atoms with Gasteiger partial charge in [0.1, 0.15) is 17.1 Å². The molecule has 1 amide bonds. The minimum Gasteiger partial charge on any atom is -0.497 e. The van der Waals surface area contributed by atoms with Crippen molar-refractivity contribution in [2.75, 3.05) is 7.11 Å². The first kappa shape index (κ1) is 18.6. The van der Waals surface area contributed by atoms with Crippen molar-refractivity contribution in [3.05, 3.63) is 89.2 Å². The molecule has 1 heterocycles. The Labute approximate surface area is 166 Å². The molecule has 1 aromatic heterocycles. The zero-order chi connectivity index (χ0) is 20.2. The van der Waals surface area contributed by atoms with E-state index in [1.165, 1.54) is 12.1 Å². The highest BCUT2D eigenvalue weighted by molar-refractivity contribution is 5.97. The number of carbonyl (C=O) groups is 1. The Morgan fingerprint density at radius 2 is 1.90 bits per heavy atom. The van der Waals surface area contributed by atoms with E-state index in [4.69, 9.17) is 4.74 Å². The van der Waals surface area contributed by atoms with Crippen molar-refractivity contribution < 1.29 is 13.9 Å². The van der Waals surface area contributed by atoms with Gasteiger partial charge >= 0.3 is 0 Å². The first-order valence-corrected chi connectivity index (χ1v) is 9.11. The molecule has 0 saturated carbocycles. The molecule has 0 radical (unpaired) electrons. The normalized spacial score (nSPS) is 10.8. The Balaban J connectivity index is 1.47. The molecule has 0 fully saturated rings. The molecule has 0 aliphatic rings. The van der Waals surface area contributed by atoms with Gasteiger partial charge in [-0.05, 0) is 53.6 Å². The van der Waals surface area contributed by atoms with Crippen molar-refractivity contribution in [2.24, 2.45) is 0 Å². The summed E-state index contributed by atoms with van der Waals surface area (Å²) in [5, 5.41) is 11.2. The van der Waals surface area contributed by atoms with E-state index in [9.17, 15) is 9.18 Å². The van der Waals surface area contributed by atoms with Gasteiger partial charge in [-0.15, -0.1) is 5.10 Å². The Kier molecular flexibility index (Phi) is 5.20. The average Bonchev–Trinajstić information content (AvgIpc) is 3.15. The first-order chi connectivity index (χ1) is 14.1. The van der Waals surface area contributed by atoms with Crippen LogP contribution in [-0.4, -0.2) is 28.0 Å². The Morgan fingerprint density at radius 1 is 1.07 bits per heavy atom. The number of ether oxygens (including phenoxy) is 1. The average molecular weight is 390 g/mol. The summed E-state index contributed by atoms with van der Waals surface area (Å²) in [7, 11) is 1.61. The molecule has 0 atom stereocenters. The number of halogens is 1. The summed E-state index contributed by atoms with van der Waals surface area (Å²) in [5.74, 6) is 0.278. The molecular formula is C22H19FN4O2. The van der Waals surface area contributed by atoms with Crippen LogP contribution in [0.15, 0.2) is 66.7 Å². The second kappa shape index (κ2) is 8.10. The maximum absolute atomic E-state index is 13.1. The summed E-state index contributed by atoms with van der Waals surface area (Å²) in [5.41, 5.74) is 3.80. The van der Waals surface area contributed by atoms with E-state index in [0.717, 1.165) is 22.4 Å². The minimum absolute atomic E-state index is 0.192. The largest absolute Gasteiger partial charge is 0.497 e. The van der Waals surface area contributed by atoms with Crippen LogP contribution in [0.3, 0.4) is 0 Å². The summed E-state index contributed by atoms with van der Waals surface area (Å²) >= 11 is 0. The van der Waals surface area contributed by atoms with Gasteiger partial charge in [-0.2, -0.15) is 0 Å². The Bertz CT molecular complexity index is 1160. The molecule has 4 rings (SSSR count). The molecule has 0 aliphatic carbocycles. The van der Waals surface area contributed by atoms with E-state index in [1.807, 2.05) is 30.3 Å². The SMILES string of the molecule is COc1cccc(CNC(=O)c2ccc3c(c2)nnn3Cc2ccc(F)cc2)c1. The molecule has 4 aromatic rings. The molecule has 0 bridgehead atoms. The maximum atomic E-state index is 13.1. The van der Waals surface area contributed by atoms with Gasteiger partial charge in [-0.1, -0.05) is 29.5 Å². The number of hydrogen-bond acceptors (Lipinski definition) is 4. The van der Waals surface area contributed by atoms with Crippen LogP contribution in [0.4, 0.5) is 4.39 Å². The van der Waals surface area contributed by atoms with Crippen LogP contribution in [0.1, 0.15) is 21.5 Å². The minimum atomic E-state index is -0.276. The van der Waals surface area contributed by atoms with E-state index in [2.05, 4.69) is 15.6 Å². The van der Waals surface area contributed by atoms with Crippen LogP contribution in [0.5, 0.6) is 5.75 Å². The summed E-state index contributed by atoms with van der Waals surface area (Å²) in [6.07, 6.45) is 0. The van der Waals surface area contributed by atoms with Crippen LogP contribution in [0.2, 0.25) is 0 Å². The van der Waals surface area contributed by atoms with Crippen LogP contribution in [0, 0.1) is 5.82 Å². The molecule has 6 nitrogen and oxygen atoms in total. The fourth-order valence-corrected chi connectivity index (χ4v) is 3.06. The molecule has 1 N–H and O–H groups in total. The third-order valence-corrected chi connectivity index (χ3v) is 4.61. The molecule has 146 valence electrons. The van der Waals surface area contributed by atoms with Crippen LogP contribution in [0.25, 0.3) is 11.0 Å². The number of methoxy groups -OCH3 is 1. The van der Waals surface area contributed by atoms with Gasteiger partial charge in [0.25, 0.3) is 5.91 Å². The third-order valence-electron chi connectivity index (χ3n) is 4.61. The van der Waals surface area contributed by atoms with Gasteiger partial charge < -0.3 is 10.1 Å². The maximum Gasteiger partial charge on any atom is 0.251 e. The van der Waals surface area contributed by atoms with Crippen molar-refractivity contribution in [2.45, 2.75) is 13.1 Å². The molecule has 7 heteroatoms. The summed E-state index contributed by atoms with van der Waals surface area (Å²) in [4.78, 5) is 12.5. The standard InChI is InChI=1S/C22H19FN4O2/c1-29-19-4-2-3-16(11-19)13-24-22(28)17-7-10-21-20(12-17)25-26-27(21)14-15-5-8-18(23)9-6-15/h2-12H,13-14H2,1H3,(H,24,28). The van der Waals surface area contributed by atoms with Crippen molar-refractivity contribution in [3.63, 3.8) is 0 Å². The molecular weight excluding hydrogens is 371 g/mol. The van der Waals surface area contributed by atoms with Gasteiger partial charge in [0.15, 0.2) is 0 Å². The van der Waals surface area contributed by atoms with E-state index < -0.39 is 0 Å². The number of rotatable bonds is 6. The number of hydrogen-bond donors (Lipinski definition) is 1. The lowest BCUT2D eigenvalue weighted by atomic mass is 10.1. The number of nitrogens with one attached hydrogen (secondary N) is 1. The van der Waals surface area contributed by atoms with Gasteiger partial charge in [0.2, 0.25) is 0 Å². The molecule has 0 spiro atoms. The topological polar surface area (TPSA) is 69.0 Å². The summed E-state index contributed by atoms with van der Waals surface area (Å²) in [6, 6.07) is 19.1. The number of nitrogens with zero attached hydrogens (tertiary/aromatic N) is 3. The summed E-state index contributed by atoms with van der Waals surface area (Å²) < 4.78 is 20.0.